The second-order valence-corrected chi connectivity index (χ2v) is 3.49. The van der Waals surface area contributed by atoms with Gasteiger partial charge in [0.15, 0.2) is 5.82 Å². The van der Waals surface area contributed by atoms with Crippen molar-refractivity contribution in [1.82, 2.24) is 4.98 Å². The molecule has 18 heavy (non-hydrogen) atoms. The molecule has 92 valence electrons. The van der Waals surface area contributed by atoms with Crippen molar-refractivity contribution in [3.8, 4) is 0 Å². The molecule has 1 aromatic carbocycles. The first-order valence-electron chi connectivity index (χ1n) is 5.05. The van der Waals surface area contributed by atoms with Crippen LogP contribution in [0.4, 0.5) is 20.3 Å². The molecular formula is C12H9F2N3O. The second-order valence-electron chi connectivity index (χ2n) is 3.49. The maximum absolute atomic E-state index is 13.6. The topological polar surface area (TPSA) is 68.0 Å². The van der Waals surface area contributed by atoms with Crippen molar-refractivity contribution < 1.29 is 13.6 Å². The summed E-state index contributed by atoms with van der Waals surface area (Å²) in [4.78, 5) is 15.5. The third-order valence-electron chi connectivity index (χ3n) is 2.25. The number of carbonyl (C=O) groups is 1. The molecule has 0 unspecified atom stereocenters. The van der Waals surface area contributed by atoms with E-state index in [2.05, 4.69) is 10.3 Å². The molecule has 0 spiro atoms. The number of amides is 1. The molecule has 3 N–H and O–H groups in total. The Labute approximate surface area is 101 Å². The minimum absolute atomic E-state index is 0.198. The van der Waals surface area contributed by atoms with E-state index >= 15 is 0 Å². The van der Waals surface area contributed by atoms with Crippen LogP contribution in [-0.2, 0) is 0 Å². The number of hydrogen-bond donors (Lipinski definition) is 2. The highest BCUT2D eigenvalue weighted by Gasteiger charge is 2.19. The van der Waals surface area contributed by atoms with Gasteiger partial charge < -0.3 is 11.1 Å². The van der Waals surface area contributed by atoms with E-state index < -0.39 is 23.1 Å². The van der Waals surface area contributed by atoms with Gasteiger partial charge in [0, 0.05) is 6.20 Å². The largest absolute Gasteiger partial charge is 0.396 e. The van der Waals surface area contributed by atoms with Crippen LogP contribution in [0.5, 0.6) is 0 Å². The molecule has 0 aliphatic carbocycles. The van der Waals surface area contributed by atoms with Gasteiger partial charge in [-0.2, -0.15) is 0 Å². The highest BCUT2D eigenvalue weighted by Crippen LogP contribution is 2.19. The molecule has 0 aliphatic heterocycles. The minimum atomic E-state index is -1.08. The Balaban J connectivity index is 2.33. The number of halogens is 2. The molecule has 1 aromatic heterocycles. The number of rotatable bonds is 2. The number of carbonyl (C=O) groups excluding carboxylic acids is 1. The number of hydrogen-bond acceptors (Lipinski definition) is 3. The van der Waals surface area contributed by atoms with Gasteiger partial charge in [-0.1, -0.05) is 6.07 Å². The van der Waals surface area contributed by atoms with Gasteiger partial charge in [-0.05, 0) is 24.3 Å². The van der Waals surface area contributed by atoms with E-state index in [1.54, 1.807) is 12.1 Å². The Kier molecular flexibility index (Phi) is 3.18. The molecule has 0 atom stereocenters. The number of anilines is 2. The van der Waals surface area contributed by atoms with Gasteiger partial charge in [0.05, 0.1) is 5.69 Å². The lowest BCUT2D eigenvalue weighted by Gasteiger charge is -2.07. The normalized spacial score (nSPS) is 10.1. The molecule has 0 saturated heterocycles. The van der Waals surface area contributed by atoms with Crippen LogP contribution < -0.4 is 11.1 Å². The van der Waals surface area contributed by atoms with Gasteiger partial charge in [0.1, 0.15) is 17.2 Å². The Morgan fingerprint density at radius 1 is 1.22 bits per heavy atom. The summed E-state index contributed by atoms with van der Waals surface area (Å²) in [5.41, 5.74) is 4.27. The van der Waals surface area contributed by atoms with Crippen LogP contribution in [0, 0.1) is 11.6 Å². The van der Waals surface area contributed by atoms with Gasteiger partial charge in [-0.15, -0.1) is 0 Å². The fourth-order valence-corrected chi connectivity index (χ4v) is 1.39. The zero-order valence-corrected chi connectivity index (χ0v) is 9.15. The van der Waals surface area contributed by atoms with Gasteiger partial charge in [-0.25, -0.2) is 13.8 Å². The molecule has 0 aliphatic rings. The molecule has 2 rings (SSSR count). The smallest absolute Gasteiger partial charge is 0.262 e. The monoisotopic (exact) mass is 249 g/mol. The first-order chi connectivity index (χ1) is 8.59. The predicted octanol–water partition coefficient (Wildman–Crippen LogP) is 2.19. The number of pyridine rings is 1. The van der Waals surface area contributed by atoms with Crippen LogP contribution in [0.15, 0.2) is 36.5 Å². The molecule has 0 radical (unpaired) electrons. The Hall–Kier alpha value is -2.50. The molecule has 0 bridgehead atoms. The van der Waals surface area contributed by atoms with Gasteiger partial charge in [0.25, 0.3) is 5.91 Å². The Bertz CT molecular complexity index is 587. The van der Waals surface area contributed by atoms with Crippen molar-refractivity contribution in [2.75, 3.05) is 11.1 Å². The highest BCUT2D eigenvalue weighted by atomic mass is 19.1. The van der Waals surface area contributed by atoms with Crippen molar-refractivity contribution in [2.24, 2.45) is 0 Å². The summed E-state index contributed by atoms with van der Waals surface area (Å²) in [5, 5.41) is 2.28. The van der Waals surface area contributed by atoms with Gasteiger partial charge in [0.2, 0.25) is 0 Å². The van der Waals surface area contributed by atoms with E-state index in [0.29, 0.717) is 0 Å². The zero-order valence-electron chi connectivity index (χ0n) is 9.15. The van der Waals surface area contributed by atoms with E-state index in [1.165, 1.54) is 12.3 Å². The van der Waals surface area contributed by atoms with Crippen LogP contribution in [0.1, 0.15) is 10.4 Å². The number of benzene rings is 1. The SMILES string of the molecule is Nc1ccc(F)c(C(=O)Nc2ccccn2)c1F. The number of nitrogens with zero attached hydrogens (tertiary/aromatic N) is 1. The third kappa shape index (κ3) is 2.27. The summed E-state index contributed by atoms with van der Waals surface area (Å²) in [6.45, 7) is 0. The average Bonchev–Trinajstić information content (AvgIpc) is 2.36. The summed E-state index contributed by atoms with van der Waals surface area (Å²) in [5.74, 6) is -2.79. The van der Waals surface area contributed by atoms with Crippen molar-refractivity contribution in [3.05, 3.63) is 53.7 Å². The molecule has 6 heteroatoms. The van der Waals surface area contributed by atoms with Gasteiger partial charge >= 0.3 is 0 Å². The Morgan fingerprint density at radius 2 is 2.00 bits per heavy atom. The van der Waals surface area contributed by atoms with Crippen molar-refractivity contribution in [2.45, 2.75) is 0 Å². The molecule has 2 aromatic rings. The second kappa shape index (κ2) is 4.79. The lowest BCUT2D eigenvalue weighted by Crippen LogP contribution is -2.17. The summed E-state index contributed by atoms with van der Waals surface area (Å²) in [7, 11) is 0. The molecule has 4 nitrogen and oxygen atoms in total. The minimum Gasteiger partial charge on any atom is -0.396 e. The summed E-state index contributed by atoms with van der Waals surface area (Å²) < 4.78 is 27.0. The fourth-order valence-electron chi connectivity index (χ4n) is 1.39. The summed E-state index contributed by atoms with van der Waals surface area (Å²) >= 11 is 0. The highest BCUT2D eigenvalue weighted by molar-refractivity contribution is 6.04. The Morgan fingerprint density at radius 3 is 2.67 bits per heavy atom. The maximum Gasteiger partial charge on any atom is 0.262 e. The molecular weight excluding hydrogens is 240 g/mol. The maximum atomic E-state index is 13.6. The standard InChI is InChI=1S/C12H9F2N3O/c13-7-4-5-8(15)11(14)10(7)12(18)17-9-3-1-2-6-16-9/h1-6H,15H2,(H,16,17,18). The molecule has 0 saturated carbocycles. The first-order valence-corrected chi connectivity index (χ1v) is 5.05. The fraction of sp³-hybridized carbons (Fsp3) is 0. The van der Waals surface area contributed by atoms with E-state index in [4.69, 9.17) is 5.73 Å². The van der Waals surface area contributed by atoms with Crippen LogP contribution in [0.3, 0.4) is 0 Å². The zero-order chi connectivity index (χ0) is 13.1. The lowest BCUT2D eigenvalue weighted by atomic mass is 10.1. The van der Waals surface area contributed by atoms with Crippen LogP contribution in [-0.4, -0.2) is 10.9 Å². The molecule has 1 amide bonds. The quantitative estimate of drug-likeness (QED) is 0.801. The van der Waals surface area contributed by atoms with E-state index in [-0.39, 0.29) is 11.5 Å². The van der Waals surface area contributed by atoms with Crippen LogP contribution >= 0.6 is 0 Å². The van der Waals surface area contributed by atoms with Crippen molar-refractivity contribution in [1.29, 1.82) is 0 Å². The average molecular weight is 249 g/mol. The van der Waals surface area contributed by atoms with Crippen LogP contribution in [0.25, 0.3) is 0 Å². The van der Waals surface area contributed by atoms with Gasteiger partial charge in [-0.3, -0.25) is 4.79 Å². The van der Waals surface area contributed by atoms with Crippen LogP contribution in [0.2, 0.25) is 0 Å². The summed E-state index contributed by atoms with van der Waals surface area (Å²) in [6.07, 6.45) is 1.45. The summed E-state index contributed by atoms with van der Waals surface area (Å²) in [6, 6.07) is 6.78. The van der Waals surface area contributed by atoms with E-state index in [0.717, 1.165) is 12.1 Å². The third-order valence-corrected chi connectivity index (χ3v) is 2.25. The predicted molar refractivity (Wildman–Crippen MR) is 63.0 cm³/mol. The number of nitrogen functional groups attached to an aromatic ring is 1. The van der Waals surface area contributed by atoms with E-state index in [9.17, 15) is 13.6 Å². The number of nitrogens with one attached hydrogen (secondary N) is 1. The molecule has 1 heterocycles. The van der Waals surface area contributed by atoms with Crippen molar-refractivity contribution in [3.63, 3.8) is 0 Å². The van der Waals surface area contributed by atoms with E-state index in [1.807, 2.05) is 0 Å². The molecule has 0 fully saturated rings. The number of aromatic nitrogens is 1. The first kappa shape index (κ1) is 12.0. The van der Waals surface area contributed by atoms with Crippen molar-refractivity contribution >= 4 is 17.4 Å². The number of nitrogens with two attached hydrogens (primary N) is 1. The lowest BCUT2D eigenvalue weighted by molar-refractivity contribution is 0.101.